The molecule has 8 aromatic carbocycles. The first-order valence-electron chi connectivity index (χ1n) is 19.2. The van der Waals surface area contributed by atoms with Crippen molar-refractivity contribution in [3.8, 4) is 67.3 Å². The molecule has 0 atom stereocenters. The van der Waals surface area contributed by atoms with Gasteiger partial charge in [-0.25, -0.2) is 9.97 Å². The highest BCUT2D eigenvalue weighted by molar-refractivity contribution is 6.09. The van der Waals surface area contributed by atoms with E-state index in [0.29, 0.717) is 5.82 Å². The average molecular weight is 717 g/mol. The predicted octanol–water partition coefficient (Wildman–Crippen LogP) is 14.2. The number of benzene rings is 8. The van der Waals surface area contributed by atoms with E-state index in [2.05, 4.69) is 166 Å². The normalized spacial score (nSPS) is 13.0. The molecule has 0 radical (unpaired) electrons. The molecular formula is C53H36N2O. The summed E-state index contributed by atoms with van der Waals surface area (Å²) < 4.78 is 6.39. The molecule has 2 heterocycles. The van der Waals surface area contributed by atoms with E-state index in [0.717, 1.165) is 66.7 Å². The van der Waals surface area contributed by atoms with Gasteiger partial charge in [-0.1, -0.05) is 172 Å². The number of rotatable bonds is 5. The summed E-state index contributed by atoms with van der Waals surface area (Å²) in [5, 5.41) is 4.78. The van der Waals surface area contributed by atoms with Crippen molar-refractivity contribution in [3.05, 3.63) is 193 Å². The molecule has 0 saturated heterocycles. The van der Waals surface area contributed by atoms with Gasteiger partial charge in [0.25, 0.3) is 0 Å². The zero-order valence-corrected chi connectivity index (χ0v) is 31.1. The zero-order chi connectivity index (χ0) is 37.4. The van der Waals surface area contributed by atoms with Crippen molar-refractivity contribution in [2.75, 3.05) is 0 Å². The summed E-state index contributed by atoms with van der Waals surface area (Å²) in [6.45, 7) is 4.71. The van der Waals surface area contributed by atoms with Crippen molar-refractivity contribution >= 4 is 32.7 Å². The Morgan fingerprint density at radius 1 is 0.411 bits per heavy atom. The van der Waals surface area contributed by atoms with Gasteiger partial charge in [-0.3, -0.25) is 0 Å². The van der Waals surface area contributed by atoms with Crippen LogP contribution in [0.15, 0.2) is 186 Å². The quantitative estimate of drug-likeness (QED) is 0.178. The second kappa shape index (κ2) is 12.5. The molecule has 1 aliphatic carbocycles. The van der Waals surface area contributed by atoms with Crippen LogP contribution in [0.3, 0.4) is 0 Å². The largest absolute Gasteiger partial charge is 0.455 e. The SMILES string of the molecule is CC1(C)c2cc3ccccc3cc2-c2c(-c3ccccc3-c3cc(-c4ccc(-c5cccc6c5oc5ccccc56)cc4)nc(-c4ccccc4)n3)cccc21. The zero-order valence-electron chi connectivity index (χ0n) is 31.1. The molecular weight excluding hydrogens is 681 g/mol. The Balaban J connectivity index is 1.06. The summed E-state index contributed by atoms with van der Waals surface area (Å²) in [6.07, 6.45) is 0. The minimum Gasteiger partial charge on any atom is -0.455 e. The maximum atomic E-state index is 6.39. The maximum Gasteiger partial charge on any atom is 0.160 e. The minimum atomic E-state index is -0.135. The summed E-state index contributed by atoms with van der Waals surface area (Å²) in [5.41, 5.74) is 16.3. The first-order chi connectivity index (χ1) is 27.5. The van der Waals surface area contributed by atoms with Crippen molar-refractivity contribution in [1.82, 2.24) is 9.97 Å². The molecule has 0 spiro atoms. The lowest BCUT2D eigenvalue weighted by Crippen LogP contribution is -2.14. The summed E-state index contributed by atoms with van der Waals surface area (Å²) >= 11 is 0. The van der Waals surface area contributed by atoms with Crippen LogP contribution < -0.4 is 0 Å². The molecule has 0 fully saturated rings. The topological polar surface area (TPSA) is 38.9 Å². The van der Waals surface area contributed by atoms with Crippen molar-refractivity contribution in [2.24, 2.45) is 0 Å². The molecule has 1 aliphatic rings. The standard InChI is InChI=1S/C53H36N2O/c1-53(2)45-24-13-22-42(50(45)44-30-36-16-6-7-17-37(36)31-46(44)53)39-18-8-9-19-40(39)48-32-47(54-52(55-48)35-14-4-3-5-15-35)34-28-26-33(27-29-34)38-21-12-23-43-41-20-10-11-25-49(41)56-51(38)43/h3-32H,1-2H3. The maximum absolute atomic E-state index is 6.39. The van der Waals surface area contributed by atoms with Gasteiger partial charge in [0.05, 0.1) is 11.4 Å². The minimum absolute atomic E-state index is 0.135. The Kier molecular flexibility index (Phi) is 7.20. The first-order valence-corrected chi connectivity index (χ1v) is 19.2. The fourth-order valence-corrected chi connectivity index (χ4v) is 8.88. The summed E-state index contributed by atoms with van der Waals surface area (Å²) in [6, 6.07) is 64.7. The van der Waals surface area contributed by atoms with Crippen LogP contribution in [0.4, 0.5) is 0 Å². The summed E-state index contributed by atoms with van der Waals surface area (Å²) in [5.74, 6) is 0.695. The predicted molar refractivity (Wildman–Crippen MR) is 232 cm³/mol. The molecule has 0 unspecified atom stereocenters. The van der Waals surface area contributed by atoms with Gasteiger partial charge in [-0.2, -0.15) is 0 Å². The van der Waals surface area contributed by atoms with E-state index in [-0.39, 0.29) is 5.41 Å². The van der Waals surface area contributed by atoms with E-state index >= 15 is 0 Å². The van der Waals surface area contributed by atoms with E-state index in [4.69, 9.17) is 14.4 Å². The van der Waals surface area contributed by atoms with Gasteiger partial charge in [-0.05, 0) is 74.0 Å². The smallest absolute Gasteiger partial charge is 0.160 e. The van der Waals surface area contributed by atoms with Crippen molar-refractivity contribution in [3.63, 3.8) is 0 Å². The Hall–Kier alpha value is -7.10. The van der Waals surface area contributed by atoms with Crippen LogP contribution in [0.2, 0.25) is 0 Å². The fraction of sp³-hybridized carbons (Fsp3) is 0.0566. The fourth-order valence-electron chi connectivity index (χ4n) is 8.88. The summed E-state index contributed by atoms with van der Waals surface area (Å²) in [4.78, 5) is 10.5. The van der Waals surface area contributed by atoms with E-state index in [1.54, 1.807) is 0 Å². The number of aromatic nitrogens is 2. The Morgan fingerprint density at radius 3 is 1.88 bits per heavy atom. The Labute approximate surface area is 325 Å². The molecule has 264 valence electrons. The van der Waals surface area contributed by atoms with Crippen LogP contribution in [0.1, 0.15) is 25.0 Å². The third-order valence-electron chi connectivity index (χ3n) is 11.7. The van der Waals surface area contributed by atoms with E-state index in [9.17, 15) is 0 Å². The number of nitrogens with zero attached hydrogens (tertiary/aromatic N) is 2. The van der Waals surface area contributed by atoms with E-state index in [1.807, 2.05) is 30.3 Å². The highest BCUT2D eigenvalue weighted by Gasteiger charge is 2.37. The number of para-hydroxylation sites is 2. The average Bonchev–Trinajstić information content (AvgIpc) is 3.75. The molecule has 0 N–H and O–H groups in total. The van der Waals surface area contributed by atoms with Crippen LogP contribution in [-0.2, 0) is 5.41 Å². The molecule has 10 aromatic rings. The number of hydrogen-bond acceptors (Lipinski definition) is 3. The lowest BCUT2D eigenvalue weighted by molar-refractivity contribution is 0.661. The van der Waals surface area contributed by atoms with Crippen LogP contribution in [0, 0.1) is 0 Å². The number of furan rings is 1. The highest BCUT2D eigenvalue weighted by atomic mass is 16.3. The molecule has 0 aliphatic heterocycles. The molecule has 0 saturated carbocycles. The molecule has 3 heteroatoms. The molecule has 56 heavy (non-hydrogen) atoms. The number of fused-ring (bicyclic) bond motifs is 7. The van der Waals surface area contributed by atoms with Crippen molar-refractivity contribution in [2.45, 2.75) is 19.3 Å². The first kappa shape index (κ1) is 32.3. The van der Waals surface area contributed by atoms with Gasteiger partial charge in [0.1, 0.15) is 11.2 Å². The lowest BCUT2D eigenvalue weighted by atomic mass is 9.81. The van der Waals surface area contributed by atoms with Gasteiger partial charge >= 0.3 is 0 Å². The van der Waals surface area contributed by atoms with Crippen LogP contribution >= 0.6 is 0 Å². The van der Waals surface area contributed by atoms with Gasteiger partial charge in [0.2, 0.25) is 0 Å². The molecule has 3 nitrogen and oxygen atoms in total. The van der Waals surface area contributed by atoms with Crippen molar-refractivity contribution in [1.29, 1.82) is 0 Å². The lowest BCUT2D eigenvalue weighted by Gasteiger charge is -2.22. The van der Waals surface area contributed by atoms with Crippen LogP contribution in [0.5, 0.6) is 0 Å². The Bertz CT molecular complexity index is 3150. The van der Waals surface area contributed by atoms with Gasteiger partial charge in [0.15, 0.2) is 5.82 Å². The van der Waals surface area contributed by atoms with Crippen LogP contribution in [0.25, 0.3) is 100.0 Å². The second-order valence-corrected chi connectivity index (χ2v) is 15.3. The van der Waals surface area contributed by atoms with E-state index in [1.165, 1.54) is 38.6 Å². The molecule has 0 amide bonds. The molecule has 11 rings (SSSR count). The van der Waals surface area contributed by atoms with Gasteiger partial charge in [-0.15, -0.1) is 0 Å². The van der Waals surface area contributed by atoms with Gasteiger partial charge < -0.3 is 4.42 Å². The van der Waals surface area contributed by atoms with E-state index < -0.39 is 0 Å². The third-order valence-corrected chi connectivity index (χ3v) is 11.7. The highest BCUT2D eigenvalue weighted by Crippen LogP contribution is 2.54. The van der Waals surface area contributed by atoms with Crippen LogP contribution in [-0.4, -0.2) is 9.97 Å². The Morgan fingerprint density at radius 2 is 1.04 bits per heavy atom. The molecule has 2 aromatic heterocycles. The molecule has 0 bridgehead atoms. The monoisotopic (exact) mass is 716 g/mol. The number of hydrogen-bond donors (Lipinski definition) is 0. The second-order valence-electron chi connectivity index (χ2n) is 15.3. The van der Waals surface area contributed by atoms with Crippen molar-refractivity contribution < 1.29 is 4.42 Å². The third kappa shape index (κ3) is 5.05. The summed E-state index contributed by atoms with van der Waals surface area (Å²) in [7, 11) is 0. The van der Waals surface area contributed by atoms with Gasteiger partial charge in [0, 0.05) is 38.4 Å².